The zero-order valence-corrected chi connectivity index (χ0v) is 10.4. The maximum Gasteiger partial charge on any atom is 0.127 e. The lowest BCUT2D eigenvalue weighted by atomic mass is 10.0. The third-order valence-corrected chi connectivity index (χ3v) is 3.75. The first kappa shape index (κ1) is 10.7. The normalized spacial score (nSPS) is 10.9. The van der Waals surface area contributed by atoms with Crippen molar-refractivity contribution in [3.8, 4) is 5.75 Å². The maximum absolute atomic E-state index is 9.97. The van der Waals surface area contributed by atoms with E-state index >= 15 is 0 Å². The Kier molecular flexibility index (Phi) is 2.61. The molecule has 0 heterocycles. The second-order valence-electron chi connectivity index (χ2n) is 3.70. The van der Waals surface area contributed by atoms with Crippen molar-refractivity contribution >= 4 is 36.0 Å². The third kappa shape index (κ3) is 1.60. The van der Waals surface area contributed by atoms with Crippen LogP contribution in [0.25, 0.3) is 10.8 Å². The van der Waals surface area contributed by atoms with Gasteiger partial charge >= 0.3 is 0 Å². The molecule has 0 aliphatic heterocycles. The summed E-state index contributed by atoms with van der Waals surface area (Å²) in [6, 6.07) is 5.82. The van der Waals surface area contributed by atoms with Crippen molar-refractivity contribution < 1.29 is 5.11 Å². The Morgan fingerprint density at radius 2 is 1.73 bits per heavy atom. The zero-order valence-electron chi connectivity index (χ0n) is 8.57. The molecule has 0 radical (unpaired) electrons. The topological polar surface area (TPSA) is 20.2 Å². The van der Waals surface area contributed by atoms with Gasteiger partial charge in [0.1, 0.15) is 5.75 Å². The molecule has 0 aliphatic rings. The summed E-state index contributed by atoms with van der Waals surface area (Å²) in [5.74, 6) is 0.299. The van der Waals surface area contributed by atoms with Gasteiger partial charge in [0.15, 0.2) is 0 Å². The molecule has 0 bridgehead atoms. The Labute approximate surface area is 99.9 Å². The van der Waals surface area contributed by atoms with E-state index in [0.717, 1.165) is 31.7 Å². The van der Waals surface area contributed by atoms with Crippen molar-refractivity contribution in [3.63, 3.8) is 0 Å². The van der Waals surface area contributed by atoms with Crippen LogP contribution in [0.4, 0.5) is 0 Å². The van der Waals surface area contributed by atoms with Crippen LogP contribution in [0.1, 0.15) is 11.1 Å². The molecule has 0 fully saturated rings. The number of fused-ring (bicyclic) bond motifs is 1. The second kappa shape index (κ2) is 3.65. The number of rotatable bonds is 0. The van der Waals surface area contributed by atoms with Crippen molar-refractivity contribution in [2.45, 2.75) is 23.6 Å². The lowest BCUT2D eigenvalue weighted by molar-refractivity contribution is 0.475. The monoisotopic (exact) mass is 236 g/mol. The summed E-state index contributed by atoms with van der Waals surface area (Å²) in [5.41, 5.74) is 1.91. The van der Waals surface area contributed by atoms with Crippen molar-refractivity contribution in [2.75, 3.05) is 0 Å². The van der Waals surface area contributed by atoms with E-state index in [4.69, 9.17) is 0 Å². The van der Waals surface area contributed by atoms with Gasteiger partial charge < -0.3 is 5.11 Å². The average molecular weight is 236 g/mol. The first-order chi connectivity index (χ1) is 7.02. The Balaban J connectivity index is 2.98. The van der Waals surface area contributed by atoms with E-state index in [2.05, 4.69) is 25.3 Å². The first-order valence-corrected chi connectivity index (χ1v) is 5.55. The molecule has 0 amide bonds. The van der Waals surface area contributed by atoms with Crippen LogP contribution in [0.15, 0.2) is 28.0 Å². The van der Waals surface area contributed by atoms with Crippen molar-refractivity contribution in [3.05, 3.63) is 29.3 Å². The minimum Gasteiger partial charge on any atom is -0.507 e. The Hall–Kier alpha value is -0.800. The molecule has 0 unspecified atom stereocenters. The number of hydrogen-bond donors (Lipinski definition) is 3. The van der Waals surface area contributed by atoms with Crippen molar-refractivity contribution in [2.24, 2.45) is 0 Å². The molecule has 0 saturated heterocycles. The standard InChI is InChI=1S/C12H12OS2/c1-6-3-4-8-9(12(6)15)5-10(14)7(2)11(8)13/h3-5,13-15H,1-2H3. The fourth-order valence-corrected chi connectivity index (χ4v) is 2.13. The highest BCUT2D eigenvalue weighted by Gasteiger charge is 2.09. The van der Waals surface area contributed by atoms with E-state index in [9.17, 15) is 5.11 Å². The number of phenolic OH excluding ortho intramolecular Hbond substituents is 1. The number of phenols is 1. The molecular weight excluding hydrogens is 224 g/mol. The largest absolute Gasteiger partial charge is 0.507 e. The Morgan fingerprint density at radius 1 is 1.07 bits per heavy atom. The Bertz CT molecular complexity index is 547. The minimum atomic E-state index is 0.299. The number of aryl methyl sites for hydroxylation is 1. The number of hydrogen-bond acceptors (Lipinski definition) is 3. The van der Waals surface area contributed by atoms with E-state index in [1.807, 2.05) is 32.0 Å². The third-order valence-electron chi connectivity index (χ3n) is 2.69. The van der Waals surface area contributed by atoms with Crippen LogP contribution >= 0.6 is 25.3 Å². The van der Waals surface area contributed by atoms with Gasteiger partial charge in [0, 0.05) is 26.1 Å². The highest BCUT2D eigenvalue weighted by molar-refractivity contribution is 7.80. The summed E-state index contributed by atoms with van der Waals surface area (Å²) in [5, 5.41) is 11.8. The zero-order chi connectivity index (χ0) is 11.2. The van der Waals surface area contributed by atoms with E-state index < -0.39 is 0 Å². The average Bonchev–Trinajstić information content (AvgIpc) is 2.21. The number of benzene rings is 2. The van der Waals surface area contributed by atoms with Gasteiger partial charge in [-0.3, -0.25) is 0 Å². The molecule has 3 heteroatoms. The van der Waals surface area contributed by atoms with Crippen LogP contribution in [-0.4, -0.2) is 5.11 Å². The number of aromatic hydroxyl groups is 1. The van der Waals surface area contributed by atoms with Crippen molar-refractivity contribution in [1.29, 1.82) is 0 Å². The van der Waals surface area contributed by atoms with Gasteiger partial charge in [-0.2, -0.15) is 0 Å². The SMILES string of the molecule is Cc1ccc2c(O)c(C)c(S)cc2c1S. The molecule has 2 aromatic carbocycles. The maximum atomic E-state index is 9.97. The predicted octanol–water partition coefficient (Wildman–Crippen LogP) is 3.74. The highest BCUT2D eigenvalue weighted by Crippen LogP contribution is 2.36. The molecule has 0 spiro atoms. The van der Waals surface area contributed by atoms with Gasteiger partial charge in [-0.15, -0.1) is 25.3 Å². The molecule has 2 rings (SSSR count). The van der Waals surface area contributed by atoms with E-state index in [1.54, 1.807) is 0 Å². The fraction of sp³-hybridized carbons (Fsp3) is 0.167. The summed E-state index contributed by atoms with van der Waals surface area (Å²) in [6.07, 6.45) is 0. The van der Waals surface area contributed by atoms with Crippen LogP contribution in [0.2, 0.25) is 0 Å². The molecule has 0 saturated carbocycles. The number of thiol groups is 2. The van der Waals surface area contributed by atoms with Gasteiger partial charge in [0.2, 0.25) is 0 Å². The van der Waals surface area contributed by atoms with E-state index in [1.165, 1.54) is 0 Å². The summed E-state index contributed by atoms with van der Waals surface area (Å²) in [7, 11) is 0. The second-order valence-corrected chi connectivity index (χ2v) is 4.62. The van der Waals surface area contributed by atoms with Crippen LogP contribution < -0.4 is 0 Å². The molecule has 0 atom stereocenters. The smallest absolute Gasteiger partial charge is 0.127 e. The van der Waals surface area contributed by atoms with E-state index in [0.29, 0.717) is 5.75 Å². The van der Waals surface area contributed by atoms with Gasteiger partial charge in [-0.05, 0) is 25.5 Å². The molecule has 2 aromatic rings. The van der Waals surface area contributed by atoms with Gasteiger partial charge in [0.05, 0.1) is 0 Å². The van der Waals surface area contributed by atoms with Gasteiger partial charge in [-0.25, -0.2) is 0 Å². The quantitative estimate of drug-likeness (QED) is 0.595. The molecule has 0 aliphatic carbocycles. The molecular formula is C12H12OS2. The van der Waals surface area contributed by atoms with E-state index in [-0.39, 0.29) is 0 Å². The van der Waals surface area contributed by atoms with Crippen LogP contribution in [0, 0.1) is 13.8 Å². The van der Waals surface area contributed by atoms with Crippen molar-refractivity contribution in [1.82, 2.24) is 0 Å². The fourth-order valence-electron chi connectivity index (χ4n) is 1.64. The van der Waals surface area contributed by atoms with Gasteiger partial charge in [-0.1, -0.05) is 12.1 Å². The highest BCUT2D eigenvalue weighted by atomic mass is 32.1. The first-order valence-electron chi connectivity index (χ1n) is 4.66. The van der Waals surface area contributed by atoms with Crippen LogP contribution in [-0.2, 0) is 0 Å². The lowest BCUT2D eigenvalue weighted by Gasteiger charge is -2.10. The summed E-state index contributed by atoms with van der Waals surface area (Å²) in [4.78, 5) is 1.69. The molecule has 78 valence electrons. The summed E-state index contributed by atoms with van der Waals surface area (Å²) >= 11 is 8.78. The molecule has 15 heavy (non-hydrogen) atoms. The predicted molar refractivity (Wildman–Crippen MR) is 69.6 cm³/mol. The minimum absolute atomic E-state index is 0.299. The molecule has 1 N–H and O–H groups in total. The lowest BCUT2D eigenvalue weighted by Crippen LogP contribution is -1.85. The Morgan fingerprint density at radius 3 is 2.40 bits per heavy atom. The molecule has 1 nitrogen and oxygen atoms in total. The molecule has 0 aromatic heterocycles. The summed E-state index contributed by atoms with van der Waals surface area (Å²) in [6.45, 7) is 3.85. The van der Waals surface area contributed by atoms with Gasteiger partial charge in [0.25, 0.3) is 0 Å². The summed E-state index contributed by atoms with van der Waals surface area (Å²) < 4.78 is 0. The van der Waals surface area contributed by atoms with Crippen LogP contribution in [0.5, 0.6) is 5.75 Å². The van der Waals surface area contributed by atoms with Crippen LogP contribution in [0.3, 0.4) is 0 Å².